The topological polar surface area (TPSA) is 90.0 Å². The van der Waals surface area contributed by atoms with E-state index in [2.05, 4.69) is 17.4 Å². The molecule has 0 aliphatic carbocycles. The SMILES string of the molecule is Cc1ccc(C2(C)NC(=O)N(CC(=O)N3CCN(C(=O)CCCc4ccccc4)CC3)C2=O)cc1. The summed E-state index contributed by atoms with van der Waals surface area (Å²) in [7, 11) is 0. The van der Waals surface area contributed by atoms with Gasteiger partial charge in [-0.25, -0.2) is 4.79 Å². The first-order valence-electron chi connectivity index (χ1n) is 12.1. The van der Waals surface area contributed by atoms with E-state index in [4.69, 9.17) is 0 Å². The van der Waals surface area contributed by atoms with Crippen molar-refractivity contribution in [3.05, 3.63) is 71.3 Å². The molecular formula is C27H32N4O4. The maximum atomic E-state index is 13.1. The molecule has 1 atom stereocenters. The highest BCUT2D eigenvalue weighted by molar-refractivity contribution is 6.09. The maximum Gasteiger partial charge on any atom is 0.325 e. The Morgan fingerprint density at radius 3 is 2.11 bits per heavy atom. The fraction of sp³-hybridized carbons (Fsp3) is 0.407. The monoisotopic (exact) mass is 476 g/mol. The summed E-state index contributed by atoms with van der Waals surface area (Å²) < 4.78 is 0. The molecule has 2 aromatic rings. The van der Waals surface area contributed by atoms with Gasteiger partial charge in [0.1, 0.15) is 12.1 Å². The van der Waals surface area contributed by atoms with Crippen LogP contribution in [0.25, 0.3) is 0 Å². The molecule has 184 valence electrons. The molecule has 2 fully saturated rings. The number of benzene rings is 2. The molecule has 0 aromatic heterocycles. The van der Waals surface area contributed by atoms with Crippen LogP contribution >= 0.6 is 0 Å². The van der Waals surface area contributed by atoms with Crippen molar-refractivity contribution in [1.82, 2.24) is 20.0 Å². The van der Waals surface area contributed by atoms with Gasteiger partial charge in [0, 0.05) is 32.6 Å². The van der Waals surface area contributed by atoms with Crippen LogP contribution in [0.15, 0.2) is 54.6 Å². The van der Waals surface area contributed by atoms with Gasteiger partial charge >= 0.3 is 6.03 Å². The van der Waals surface area contributed by atoms with E-state index in [0.29, 0.717) is 38.2 Å². The maximum absolute atomic E-state index is 13.1. The Hall–Kier alpha value is -3.68. The number of carbonyl (C=O) groups is 4. The Bertz CT molecular complexity index is 1090. The van der Waals surface area contributed by atoms with E-state index < -0.39 is 17.5 Å². The molecule has 8 nitrogen and oxygen atoms in total. The van der Waals surface area contributed by atoms with E-state index in [9.17, 15) is 19.2 Å². The van der Waals surface area contributed by atoms with E-state index in [1.54, 1.807) is 16.7 Å². The number of urea groups is 1. The zero-order chi connectivity index (χ0) is 25.0. The number of hydrogen-bond acceptors (Lipinski definition) is 4. The first kappa shape index (κ1) is 24.4. The van der Waals surface area contributed by atoms with Crippen LogP contribution in [0.5, 0.6) is 0 Å². The molecule has 0 saturated carbocycles. The van der Waals surface area contributed by atoms with E-state index in [-0.39, 0.29) is 18.4 Å². The van der Waals surface area contributed by atoms with E-state index >= 15 is 0 Å². The van der Waals surface area contributed by atoms with Crippen molar-refractivity contribution >= 4 is 23.8 Å². The summed E-state index contributed by atoms with van der Waals surface area (Å²) in [5, 5.41) is 2.74. The molecule has 2 aliphatic rings. The number of amides is 5. The van der Waals surface area contributed by atoms with Crippen LogP contribution < -0.4 is 5.32 Å². The van der Waals surface area contributed by atoms with Crippen LogP contribution in [0.4, 0.5) is 4.79 Å². The highest BCUT2D eigenvalue weighted by atomic mass is 16.2. The summed E-state index contributed by atoms with van der Waals surface area (Å²) in [5.74, 6) is -0.638. The summed E-state index contributed by atoms with van der Waals surface area (Å²) in [5.41, 5.74) is 1.75. The van der Waals surface area contributed by atoms with Gasteiger partial charge in [0.05, 0.1) is 0 Å². The van der Waals surface area contributed by atoms with Crippen molar-refractivity contribution in [3.8, 4) is 0 Å². The van der Waals surface area contributed by atoms with Crippen LogP contribution in [0.3, 0.4) is 0 Å². The lowest BCUT2D eigenvalue weighted by Gasteiger charge is -2.35. The first-order valence-corrected chi connectivity index (χ1v) is 12.1. The number of hydrogen-bond donors (Lipinski definition) is 1. The second-order valence-corrected chi connectivity index (χ2v) is 9.41. The number of imide groups is 1. The van der Waals surface area contributed by atoms with Gasteiger partial charge in [-0.05, 0) is 37.8 Å². The van der Waals surface area contributed by atoms with Crippen LogP contribution in [0.2, 0.25) is 0 Å². The average molecular weight is 477 g/mol. The number of piperazine rings is 1. The normalized spacial score (nSPS) is 20.2. The highest BCUT2D eigenvalue weighted by Gasteiger charge is 2.49. The molecule has 2 aromatic carbocycles. The van der Waals surface area contributed by atoms with Gasteiger partial charge in [0.15, 0.2) is 0 Å². The largest absolute Gasteiger partial charge is 0.339 e. The number of carbonyl (C=O) groups excluding carboxylic acids is 4. The number of nitrogens with zero attached hydrogens (tertiary/aromatic N) is 3. The molecule has 0 radical (unpaired) electrons. The zero-order valence-electron chi connectivity index (χ0n) is 20.3. The van der Waals surface area contributed by atoms with Crippen LogP contribution in [0, 0.1) is 6.92 Å². The minimum atomic E-state index is -1.20. The summed E-state index contributed by atoms with van der Waals surface area (Å²) in [6, 6.07) is 16.9. The Labute approximate surface area is 205 Å². The van der Waals surface area contributed by atoms with Gasteiger partial charge < -0.3 is 15.1 Å². The molecule has 1 N–H and O–H groups in total. The van der Waals surface area contributed by atoms with Gasteiger partial charge in [-0.3, -0.25) is 19.3 Å². The third-order valence-electron chi connectivity index (χ3n) is 6.88. The lowest BCUT2D eigenvalue weighted by molar-refractivity contribution is -0.142. The van der Waals surface area contributed by atoms with Crippen molar-refractivity contribution in [2.24, 2.45) is 0 Å². The second kappa shape index (κ2) is 10.3. The average Bonchev–Trinajstić information content (AvgIpc) is 3.08. The molecule has 5 amide bonds. The van der Waals surface area contributed by atoms with Crippen LogP contribution in [-0.2, 0) is 26.3 Å². The standard InChI is InChI=1S/C27H32N4O4/c1-20-11-13-22(14-12-20)27(2)25(34)31(26(35)28-27)19-24(33)30-17-15-29(16-18-30)23(32)10-6-9-21-7-4-3-5-8-21/h3-5,7-8,11-14H,6,9-10,15-19H2,1-2H3,(H,28,35). The summed E-state index contributed by atoms with van der Waals surface area (Å²) >= 11 is 0. The lowest BCUT2D eigenvalue weighted by Crippen LogP contribution is -2.53. The third-order valence-corrected chi connectivity index (χ3v) is 6.88. The van der Waals surface area contributed by atoms with E-state index in [1.807, 2.05) is 49.4 Å². The van der Waals surface area contributed by atoms with Crippen molar-refractivity contribution in [2.45, 2.75) is 38.6 Å². The fourth-order valence-electron chi connectivity index (χ4n) is 4.61. The molecule has 2 aliphatic heterocycles. The number of rotatable bonds is 7. The summed E-state index contributed by atoms with van der Waals surface area (Å²) in [6.45, 7) is 4.99. The molecule has 2 saturated heterocycles. The van der Waals surface area contributed by atoms with Crippen molar-refractivity contribution in [3.63, 3.8) is 0 Å². The van der Waals surface area contributed by atoms with E-state index in [1.165, 1.54) is 5.56 Å². The Morgan fingerprint density at radius 1 is 0.886 bits per heavy atom. The van der Waals surface area contributed by atoms with Crippen molar-refractivity contribution in [2.75, 3.05) is 32.7 Å². The molecule has 2 heterocycles. The Balaban J connectivity index is 1.26. The van der Waals surface area contributed by atoms with Gasteiger partial charge in [-0.1, -0.05) is 60.2 Å². The van der Waals surface area contributed by atoms with Gasteiger partial charge in [-0.15, -0.1) is 0 Å². The van der Waals surface area contributed by atoms with Crippen molar-refractivity contribution in [1.29, 1.82) is 0 Å². The van der Waals surface area contributed by atoms with E-state index in [0.717, 1.165) is 23.3 Å². The molecule has 8 heteroatoms. The second-order valence-electron chi connectivity index (χ2n) is 9.41. The lowest BCUT2D eigenvalue weighted by atomic mass is 9.91. The number of aryl methyl sites for hydroxylation is 2. The summed E-state index contributed by atoms with van der Waals surface area (Å²) in [4.78, 5) is 55.5. The molecule has 35 heavy (non-hydrogen) atoms. The first-order chi connectivity index (χ1) is 16.8. The minimum absolute atomic E-state index is 0.0935. The molecule has 1 unspecified atom stereocenters. The smallest absolute Gasteiger partial charge is 0.325 e. The third kappa shape index (κ3) is 5.37. The number of nitrogens with one attached hydrogen (secondary N) is 1. The minimum Gasteiger partial charge on any atom is -0.339 e. The van der Waals surface area contributed by atoms with Gasteiger partial charge in [0.2, 0.25) is 11.8 Å². The molecule has 0 bridgehead atoms. The zero-order valence-corrected chi connectivity index (χ0v) is 20.3. The molecular weight excluding hydrogens is 444 g/mol. The predicted octanol–water partition coefficient (Wildman–Crippen LogP) is 2.46. The predicted molar refractivity (Wildman–Crippen MR) is 131 cm³/mol. The van der Waals surface area contributed by atoms with Crippen LogP contribution in [0.1, 0.15) is 36.5 Å². The molecule has 4 rings (SSSR count). The van der Waals surface area contributed by atoms with Gasteiger partial charge in [-0.2, -0.15) is 0 Å². The fourth-order valence-corrected chi connectivity index (χ4v) is 4.61. The Kier molecular flexibility index (Phi) is 7.19. The summed E-state index contributed by atoms with van der Waals surface area (Å²) in [6.07, 6.45) is 2.12. The van der Waals surface area contributed by atoms with Crippen LogP contribution in [-0.4, -0.2) is 71.2 Å². The highest BCUT2D eigenvalue weighted by Crippen LogP contribution is 2.29. The Morgan fingerprint density at radius 2 is 1.49 bits per heavy atom. The molecule has 0 spiro atoms. The van der Waals surface area contributed by atoms with Crippen molar-refractivity contribution < 1.29 is 19.2 Å². The van der Waals surface area contributed by atoms with Gasteiger partial charge in [0.25, 0.3) is 5.91 Å². The quantitative estimate of drug-likeness (QED) is 0.622.